The van der Waals surface area contributed by atoms with Crippen LogP contribution in [0.15, 0.2) is 125 Å². The van der Waals surface area contributed by atoms with E-state index in [0.29, 0.717) is 30.3 Å². The van der Waals surface area contributed by atoms with Gasteiger partial charge in [0.25, 0.3) is 15.9 Å². The van der Waals surface area contributed by atoms with Crippen LogP contribution >= 0.6 is 46.6 Å². The second-order valence-corrected chi connectivity index (χ2v) is 16.6. The highest BCUT2D eigenvalue weighted by molar-refractivity contribution is 7.99. The normalized spacial score (nSPS) is 12.0. The Labute approximate surface area is 331 Å². The minimum absolute atomic E-state index is 0.0499. The Bertz CT molecular complexity index is 2050. The molecule has 278 valence electrons. The average Bonchev–Trinajstić information content (AvgIpc) is 3.13. The topological polar surface area (TPSA) is 103 Å². The molecule has 0 saturated heterocycles. The fourth-order valence-electron chi connectivity index (χ4n) is 5.54. The van der Waals surface area contributed by atoms with E-state index in [0.717, 1.165) is 40.4 Å². The van der Waals surface area contributed by atoms with Crippen molar-refractivity contribution in [1.82, 2.24) is 14.9 Å². The van der Waals surface area contributed by atoms with Gasteiger partial charge in [-0.05, 0) is 104 Å². The third-order valence-corrected chi connectivity index (χ3v) is 11.9. The number of carbonyl (C=O) groups excluding carboxylic acids is 1. The first-order valence-corrected chi connectivity index (χ1v) is 20.6. The van der Waals surface area contributed by atoms with E-state index in [4.69, 9.17) is 34.8 Å². The van der Waals surface area contributed by atoms with Gasteiger partial charge in [0, 0.05) is 58.3 Å². The van der Waals surface area contributed by atoms with Crippen LogP contribution < -0.4 is 20.7 Å². The maximum absolute atomic E-state index is 13.4. The molecule has 0 aromatic heterocycles. The lowest BCUT2D eigenvalue weighted by Gasteiger charge is -2.22. The monoisotopic (exact) mass is 809 g/mol. The molecular formula is C40H42Cl3N5O3S2. The van der Waals surface area contributed by atoms with Crippen LogP contribution in [0.2, 0.25) is 15.1 Å². The lowest BCUT2D eigenvalue weighted by molar-refractivity contribution is 0.0981. The minimum Gasteiger partial charge on any atom is -0.384 e. The number of amides is 1. The molecule has 0 radical (unpaired) electrons. The molecule has 0 aliphatic rings. The fourth-order valence-corrected chi connectivity index (χ4v) is 8.85. The van der Waals surface area contributed by atoms with Crippen LogP contribution in [-0.2, 0) is 16.6 Å². The molecule has 0 unspecified atom stereocenters. The Morgan fingerprint density at radius 3 is 2.13 bits per heavy atom. The molecule has 0 spiro atoms. The van der Waals surface area contributed by atoms with Crippen LogP contribution in [0.3, 0.4) is 0 Å². The summed E-state index contributed by atoms with van der Waals surface area (Å²) >= 11 is 20.8. The highest BCUT2D eigenvalue weighted by atomic mass is 35.5. The molecule has 1 amide bonds. The van der Waals surface area contributed by atoms with Gasteiger partial charge in [-0.1, -0.05) is 89.4 Å². The molecule has 8 nitrogen and oxygen atoms in total. The number of thioether (sulfide) groups is 1. The summed E-state index contributed by atoms with van der Waals surface area (Å²) < 4.78 is 28.8. The maximum Gasteiger partial charge on any atom is 0.267 e. The SMILES string of the molecule is CN(C)CC[C@H](CSc1ccccc1)Nc1cc(Cl)c(S(=O)(=O)NC(=O)c2ccc(NCCNCc3ccccc3-c3ccc(Cl)cc3)cc2)c(Cl)c1. The minimum atomic E-state index is -4.39. The van der Waals surface area contributed by atoms with Crippen molar-refractivity contribution < 1.29 is 13.2 Å². The Hall–Kier alpha value is -3.74. The van der Waals surface area contributed by atoms with E-state index < -0.39 is 15.9 Å². The van der Waals surface area contributed by atoms with Crippen LogP contribution in [0.4, 0.5) is 11.4 Å². The number of halogens is 3. The predicted octanol–water partition coefficient (Wildman–Crippen LogP) is 9.16. The van der Waals surface area contributed by atoms with E-state index in [1.807, 2.05) is 68.7 Å². The van der Waals surface area contributed by atoms with Crippen LogP contribution in [-0.4, -0.2) is 64.7 Å². The average molecular weight is 811 g/mol. The van der Waals surface area contributed by atoms with Gasteiger partial charge in [-0.3, -0.25) is 4.79 Å². The first kappa shape index (κ1) is 40.4. The molecule has 0 bridgehead atoms. The highest BCUT2D eigenvalue weighted by Crippen LogP contribution is 2.34. The number of hydrogen-bond acceptors (Lipinski definition) is 8. The van der Waals surface area contributed by atoms with Crippen molar-refractivity contribution in [2.75, 3.05) is 50.1 Å². The molecule has 0 fully saturated rings. The van der Waals surface area contributed by atoms with Gasteiger partial charge < -0.3 is 20.9 Å². The molecule has 1 atom stereocenters. The Morgan fingerprint density at radius 2 is 1.45 bits per heavy atom. The highest BCUT2D eigenvalue weighted by Gasteiger charge is 2.26. The molecule has 0 aliphatic carbocycles. The second-order valence-electron chi connectivity index (χ2n) is 12.6. The number of carbonyl (C=O) groups is 1. The zero-order valence-electron chi connectivity index (χ0n) is 29.4. The van der Waals surface area contributed by atoms with Gasteiger partial charge in [-0.15, -0.1) is 11.8 Å². The van der Waals surface area contributed by atoms with Crippen LogP contribution in [0.25, 0.3) is 11.1 Å². The molecule has 5 rings (SSSR count). The van der Waals surface area contributed by atoms with E-state index in [1.165, 1.54) is 17.7 Å². The van der Waals surface area contributed by atoms with Crippen molar-refractivity contribution in [2.24, 2.45) is 0 Å². The van der Waals surface area contributed by atoms with Gasteiger partial charge >= 0.3 is 0 Å². The number of sulfonamides is 1. The smallest absolute Gasteiger partial charge is 0.267 e. The van der Waals surface area contributed by atoms with Crippen LogP contribution in [0, 0.1) is 0 Å². The largest absolute Gasteiger partial charge is 0.384 e. The summed E-state index contributed by atoms with van der Waals surface area (Å²) in [5.41, 5.74) is 4.96. The Morgan fingerprint density at radius 1 is 0.792 bits per heavy atom. The predicted molar refractivity (Wildman–Crippen MR) is 222 cm³/mol. The van der Waals surface area contributed by atoms with E-state index >= 15 is 0 Å². The number of hydrogen-bond donors (Lipinski definition) is 4. The third-order valence-electron chi connectivity index (χ3n) is 8.25. The molecule has 53 heavy (non-hydrogen) atoms. The number of rotatable bonds is 18. The number of nitrogens with one attached hydrogen (secondary N) is 4. The van der Waals surface area contributed by atoms with Gasteiger partial charge in [0.1, 0.15) is 4.90 Å². The van der Waals surface area contributed by atoms with E-state index in [2.05, 4.69) is 49.8 Å². The van der Waals surface area contributed by atoms with Crippen molar-refractivity contribution in [3.05, 3.63) is 141 Å². The summed E-state index contributed by atoms with van der Waals surface area (Å²) in [5.74, 6) is -0.0245. The van der Waals surface area contributed by atoms with Crippen molar-refractivity contribution in [3.8, 4) is 11.1 Å². The first-order valence-electron chi connectivity index (χ1n) is 17.0. The maximum atomic E-state index is 13.4. The number of benzene rings is 5. The molecule has 5 aromatic carbocycles. The zero-order valence-corrected chi connectivity index (χ0v) is 33.3. The Balaban J connectivity index is 1.13. The molecule has 13 heteroatoms. The molecule has 0 saturated carbocycles. The summed E-state index contributed by atoms with van der Waals surface area (Å²) in [6.45, 7) is 2.86. The van der Waals surface area contributed by atoms with Crippen LogP contribution in [0.5, 0.6) is 0 Å². The van der Waals surface area contributed by atoms with E-state index in [-0.39, 0.29) is 26.5 Å². The summed E-state index contributed by atoms with van der Waals surface area (Å²) in [7, 11) is -0.362. The van der Waals surface area contributed by atoms with Crippen molar-refractivity contribution in [2.45, 2.75) is 28.8 Å². The zero-order chi connectivity index (χ0) is 37.8. The molecule has 0 aliphatic heterocycles. The van der Waals surface area contributed by atoms with Gasteiger partial charge in [0.2, 0.25) is 0 Å². The lowest BCUT2D eigenvalue weighted by Crippen LogP contribution is -2.31. The molecular weight excluding hydrogens is 769 g/mol. The quantitative estimate of drug-likeness (QED) is 0.0514. The van der Waals surface area contributed by atoms with Crippen LogP contribution in [0.1, 0.15) is 22.3 Å². The summed E-state index contributed by atoms with van der Waals surface area (Å²) in [4.78, 5) is 15.9. The second kappa shape index (κ2) is 19.5. The van der Waals surface area contributed by atoms with Gasteiger partial charge in [0.05, 0.1) is 10.0 Å². The number of nitrogens with zero attached hydrogens (tertiary/aromatic N) is 1. The van der Waals surface area contributed by atoms with Crippen molar-refractivity contribution in [1.29, 1.82) is 0 Å². The fraction of sp³-hybridized carbons (Fsp3) is 0.225. The van der Waals surface area contributed by atoms with E-state index in [9.17, 15) is 13.2 Å². The summed E-state index contributed by atoms with van der Waals surface area (Å²) in [5, 5.41) is 10.8. The Kier molecular flexibility index (Phi) is 14.9. The molecule has 0 heterocycles. The number of anilines is 2. The third kappa shape index (κ3) is 12.1. The van der Waals surface area contributed by atoms with Crippen molar-refractivity contribution >= 4 is 73.9 Å². The van der Waals surface area contributed by atoms with Gasteiger partial charge in [-0.25, -0.2) is 13.1 Å². The van der Waals surface area contributed by atoms with Crippen molar-refractivity contribution in [3.63, 3.8) is 0 Å². The summed E-state index contributed by atoms with van der Waals surface area (Å²) in [6.07, 6.45) is 0.838. The van der Waals surface area contributed by atoms with Gasteiger partial charge in [0.15, 0.2) is 0 Å². The van der Waals surface area contributed by atoms with E-state index in [1.54, 1.807) is 36.0 Å². The summed E-state index contributed by atoms with van der Waals surface area (Å²) in [6, 6.07) is 35.8. The lowest BCUT2D eigenvalue weighted by atomic mass is 10.00. The van der Waals surface area contributed by atoms with Gasteiger partial charge in [-0.2, -0.15) is 0 Å². The molecule has 5 aromatic rings. The standard InChI is InChI=1S/C40H42Cl3N5O3S2/c1-48(2)23-20-33(27-52-35-9-4-3-5-10-35)46-34-24-37(42)39(38(43)25-34)53(50,51)47-40(49)29-14-18-32(19-15-29)45-22-21-44-26-30-8-6-7-11-36(30)28-12-16-31(41)17-13-28/h3-19,24-25,33,44-46H,20-23,26-27H2,1-2H3,(H,47,49)/t33-/m1/s1. The first-order chi connectivity index (χ1) is 25.5. The molecule has 4 N–H and O–H groups in total.